The van der Waals surface area contributed by atoms with Gasteiger partial charge in [-0.15, -0.1) is 0 Å². The zero-order valence-electron chi connectivity index (χ0n) is 7.53. The smallest absolute Gasteiger partial charge is 0.249 e. The van der Waals surface area contributed by atoms with E-state index < -0.39 is 6.04 Å². The summed E-state index contributed by atoms with van der Waals surface area (Å²) in [5, 5.41) is 2.23. The van der Waals surface area contributed by atoms with Crippen molar-refractivity contribution < 1.29 is 14.4 Å². The summed E-state index contributed by atoms with van der Waals surface area (Å²) in [7, 11) is 0. The normalized spacial score (nSPS) is 27.0. The van der Waals surface area contributed by atoms with Crippen molar-refractivity contribution in [2.45, 2.75) is 18.9 Å². The lowest BCUT2D eigenvalue weighted by molar-refractivity contribution is -0.142. The third-order valence-electron chi connectivity index (χ3n) is 2.43. The molecule has 0 aromatic rings. The minimum Gasteiger partial charge on any atom is -0.323 e. The third-order valence-corrected chi connectivity index (χ3v) is 2.43. The van der Waals surface area contributed by atoms with Gasteiger partial charge in [0.2, 0.25) is 17.7 Å². The highest BCUT2D eigenvalue weighted by Crippen LogP contribution is 2.15. The Morgan fingerprint density at radius 2 is 2.14 bits per heavy atom. The Balaban J connectivity index is 2.08. The largest absolute Gasteiger partial charge is 0.323 e. The van der Waals surface area contributed by atoms with Gasteiger partial charge in [0.15, 0.2) is 0 Å². The Morgan fingerprint density at radius 1 is 1.36 bits per heavy atom. The first-order chi connectivity index (χ1) is 6.68. The first-order valence-electron chi connectivity index (χ1n) is 4.49. The molecule has 14 heavy (non-hydrogen) atoms. The van der Waals surface area contributed by atoms with Crippen LogP contribution in [0.4, 0.5) is 0 Å². The molecule has 2 aliphatic rings. The number of rotatable bonds is 1. The fourth-order valence-electron chi connectivity index (χ4n) is 1.71. The second kappa shape index (κ2) is 3.25. The van der Waals surface area contributed by atoms with Crippen molar-refractivity contribution in [3.05, 3.63) is 12.2 Å². The number of imide groups is 1. The molecule has 1 N–H and O–H groups in total. The molecule has 1 unspecified atom stereocenters. The van der Waals surface area contributed by atoms with Crippen LogP contribution in [0.2, 0.25) is 0 Å². The predicted octanol–water partition coefficient (Wildman–Crippen LogP) is -0.810. The number of nitrogens with zero attached hydrogens (tertiary/aromatic N) is 1. The fourth-order valence-corrected chi connectivity index (χ4v) is 1.71. The second-order valence-electron chi connectivity index (χ2n) is 3.36. The molecule has 0 spiro atoms. The Labute approximate surface area is 80.8 Å². The predicted molar refractivity (Wildman–Crippen MR) is 47.0 cm³/mol. The lowest BCUT2D eigenvalue weighted by Crippen LogP contribution is -2.52. The summed E-state index contributed by atoms with van der Waals surface area (Å²) in [5.74, 6) is -0.774. The molecular weight excluding hydrogens is 184 g/mol. The molecule has 2 rings (SSSR count). The van der Waals surface area contributed by atoms with Crippen LogP contribution in [-0.4, -0.2) is 35.2 Å². The summed E-state index contributed by atoms with van der Waals surface area (Å²) in [4.78, 5) is 35.0. The van der Waals surface area contributed by atoms with Crippen LogP contribution < -0.4 is 5.32 Å². The van der Waals surface area contributed by atoms with Gasteiger partial charge in [0.1, 0.15) is 6.04 Å². The van der Waals surface area contributed by atoms with Gasteiger partial charge in [-0.2, -0.15) is 0 Å². The van der Waals surface area contributed by atoms with Crippen LogP contribution in [0, 0.1) is 0 Å². The number of nitrogens with one attached hydrogen (secondary N) is 1. The van der Waals surface area contributed by atoms with E-state index in [1.807, 2.05) is 0 Å². The van der Waals surface area contributed by atoms with Gasteiger partial charge in [0.05, 0.1) is 0 Å². The van der Waals surface area contributed by atoms with Crippen LogP contribution in [0.15, 0.2) is 12.2 Å². The third kappa shape index (κ3) is 1.41. The lowest BCUT2D eigenvalue weighted by atomic mass is 10.0. The Morgan fingerprint density at radius 3 is 2.71 bits per heavy atom. The van der Waals surface area contributed by atoms with Crippen molar-refractivity contribution >= 4 is 17.7 Å². The molecule has 0 radical (unpaired) electrons. The minimum absolute atomic E-state index is 0.153. The molecule has 1 atom stereocenters. The number of hydrogen-bond donors (Lipinski definition) is 1. The molecule has 5 nitrogen and oxygen atoms in total. The highest BCUT2D eigenvalue weighted by Gasteiger charge is 2.34. The van der Waals surface area contributed by atoms with Gasteiger partial charge in [-0.3, -0.25) is 19.7 Å². The molecule has 3 amide bonds. The molecule has 0 aromatic carbocycles. The van der Waals surface area contributed by atoms with Gasteiger partial charge < -0.3 is 4.90 Å². The van der Waals surface area contributed by atoms with Gasteiger partial charge in [-0.05, 0) is 6.42 Å². The number of carbonyl (C=O) groups excluding carboxylic acids is 3. The fraction of sp³-hybridized carbons (Fsp3) is 0.444. The molecule has 0 aliphatic carbocycles. The van der Waals surface area contributed by atoms with E-state index in [0.717, 1.165) is 0 Å². The summed E-state index contributed by atoms with van der Waals surface area (Å²) in [6.45, 7) is 0.463. The topological polar surface area (TPSA) is 66.5 Å². The molecule has 0 saturated carbocycles. The maximum atomic E-state index is 11.4. The van der Waals surface area contributed by atoms with E-state index in [9.17, 15) is 14.4 Å². The van der Waals surface area contributed by atoms with Crippen LogP contribution in [0.5, 0.6) is 0 Å². The maximum absolute atomic E-state index is 11.4. The van der Waals surface area contributed by atoms with E-state index in [0.29, 0.717) is 19.4 Å². The molecular formula is C9H10N2O3. The quantitative estimate of drug-likeness (QED) is 0.555. The average molecular weight is 194 g/mol. The molecule has 74 valence electrons. The molecule has 1 fully saturated rings. The molecule has 2 aliphatic heterocycles. The second-order valence-corrected chi connectivity index (χ2v) is 3.36. The molecule has 5 heteroatoms. The summed E-state index contributed by atoms with van der Waals surface area (Å²) < 4.78 is 0. The van der Waals surface area contributed by atoms with Crippen molar-refractivity contribution in [1.29, 1.82) is 0 Å². The summed E-state index contributed by atoms with van der Waals surface area (Å²) in [6, 6.07) is -0.477. The van der Waals surface area contributed by atoms with Gasteiger partial charge in [0, 0.05) is 19.0 Å². The molecule has 0 bridgehead atoms. The van der Waals surface area contributed by atoms with E-state index in [1.54, 1.807) is 6.08 Å². The highest BCUT2D eigenvalue weighted by molar-refractivity contribution is 6.03. The van der Waals surface area contributed by atoms with E-state index in [-0.39, 0.29) is 17.7 Å². The zero-order chi connectivity index (χ0) is 10.1. The Hall–Kier alpha value is -1.65. The van der Waals surface area contributed by atoms with Gasteiger partial charge in [-0.25, -0.2) is 0 Å². The average Bonchev–Trinajstić information content (AvgIpc) is 2.52. The summed E-state index contributed by atoms with van der Waals surface area (Å²) in [6.07, 6.45) is 3.90. The van der Waals surface area contributed by atoms with E-state index in [4.69, 9.17) is 0 Å². The monoisotopic (exact) mass is 194 g/mol. The van der Waals surface area contributed by atoms with E-state index in [2.05, 4.69) is 5.32 Å². The van der Waals surface area contributed by atoms with E-state index >= 15 is 0 Å². The van der Waals surface area contributed by atoms with Crippen LogP contribution in [0.3, 0.4) is 0 Å². The minimum atomic E-state index is -0.477. The summed E-state index contributed by atoms with van der Waals surface area (Å²) >= 11 is 0. The first kappa shape index (κ1) is 8.93. The Kier molecular flexibility index (Phi) is 2.07. The van der Waals surface area contributed by atoms with Gasteiger partial charge in [-0.1, -0.05) is 6.08 Å². The zero-order valence-corrected chi connectivity index (χ0v) is 7.53. The van der Waals surface area contributed by atoms with Crippen LogP contribution in [0.1, 0.15) is 12.8 Å². The first-order valence-corrected chi connectivity index (χ1v) is 4.49. The highest BCUT2D eigenvalue weighted by atomic mass is 16.2. The number of carbonyl (C=O) groups is 3. The maximum Gasteiger partial charge on any atom is 0.249 e. The number of hydrogen-bond acceptors (Lipinski definition) is 3. The van der Waals surface area contributed by atoms with Crippen molar-refractivity contribution in [2.24, 2.45) is 0 Å². The lowest BCUT2D eigenvalue weighted by Gasteiger charge is -2.29. The molecule has 2 heterocycles. The van der Waals surface area contributed by atoms with Crippen molar-refractivity contribution in [2.75, 3.05) is 6.54 Å². The van der Waals surface area contributed by atoms with Crippen LogP contribution >= 0.6 is 0 Å². The molecule has 0 aromatic heterocycles. The molecule has 1 saturated heterocycles. The van der Waals surface area contributed by atoms with Gasteiger partial charge in [0.25, 0.3) is 0 Å². The van der Waals surface area contributed by atoms with Gasteiger partial charge >= 0.3 is 0 Å². The van der Waals surface area contributed by atoms with Crippen LogP contribution in [0.25, 0.3) is 0 Å². The Bertz CT molecular complexity index is 335. The van der Waals surface area contributed by atoms with E-state index in [1.165, 1.54) is 11.0 Å². The SMILES string of the molecule is O=C1CCC(N2CC=CC2=O)C(=O)N1. The number of piperidine rings is 1. The van der Waals surface area contributed by atoms with Crippen LogP contribution in [-0.2, 0) is 14.4 Å². The summed E-state index contributed by atoms with van der Waals surface area (Å²) in [5.41, 5.74) is 0. The van der Waals surface area contributed by atoms with Crippen molar-refractivity contribution in [1.82, 2.24) is 10.2 Å². The number of amides is 3. The standard InChI is InChI=1S/C9H10N2O3/c12-7-4-3-6(9(14)10-7)11-5-1-2-8(11)13/h1-2,6H,3-5H2,(H,10,12,14). The van der Waals surface area contributed by atoms with Crippen molar-refractivity contribution in [3.8, 4) is 0 Å². The van der Waals surface area contributed by atoms with Crippen molar-refractivity contribution in [3.63, 3.8) is 0 Å².